The molecule has 0 heterocycles. The Balaban J connectivity index is 0.00000392. The fourth-order valence-corrected chi connectivity index (χ4v) is 2.38. The number of benzene rings is 2. The van der Waals surface area contributed by atoms with Gasteiger partial charge < -0.3 is 24.8 Å². The molecule has 154 valence electrons. The van der Waals surface area contributed by atoms with Gasteiger partial charge in [-0.1, -0.05) is 12.1 Å². The molecule has 0 saturated heterocycles. The van der Waals surface area contributed by atoms with E-state index in [9.17, 15) is 4.39 Å². The van der Waals surface area contributed by atoms with Crippen molar-refractivity contribution in [1.82, 2.24) is 5.32 Å². The minimum Gasteiger partial charge on any atom is -0.494 e. The van der Waals surface area contributed by atoms with Gasteiger partial charge in [0.15, 0.2) is 17.5 Å². The number of halogens is 2. The Morgan fingerprint density at radius 2 is 1.93 bits per heavy atom. The number of ether oxygens (including phenoxy) is 3. The van der Waals surface area contributed by atoms with Crippen LogP contribution in [-0.2, 0) is 11.3 Å². The zero-order chi connectivity index (χ0) is 19.5. The van der Waals surface area contributed by atoms with Crippen LogP contribution in [0.5, 0.6) is 11.5 Å². The van der Waals surface area contributed by atoms with Crippen molar-refractivity contribution in [2.75, 3.05) is 39.8 Å². The molecule has 28 heavy (non-hydrogen) atoms. The van der Waals surface area contributed by atoms with Gasteiger partial charge in [-0.05, 0) is 29.8 Å². The minimum absolute atomic E-state index is 0. The second kappa shape index (κ2) is 13.2. The molecule has 0 atom stereocenters. The molecule has 0 aliphatic rings. The van der Waals surface area contributed by atoms with Gasteiger partial charge in [0.1, 0.15) is 5.75 Å². The van der Waals surface area contributed by atoms with Crippen molar-refractivity contribution in [2.45, 2.75) is 13.0 Å². The van der Waals surface area contributed by atoms with E-state index in [0.29, 0.717) is 25.7 Å². The van der Waals surface area contributed by atoms with Crippen molar-refractivity contribution in [3.8, 4) is 11.5 Å². The summed E-state index contributed by atoms with van der Waals surface area (Å²) in [6, 6.07) is 12.5. The molecule has 2 aromatic carbocycles. The van der Waals surface area contributed by atoms with Crippen molar-refractivity contribution in [2.24, 2.45) is 4.99 Å². The third-order valence-corrected chi connectivity index (χ3v) is 3.76. The first kappa shape index (κ1) is 24.0. The predicted molar refractivity (Wildman–Crippen MR) is 121 cm³/mol. The van der Waals surface area contributed by atoms with Crippen LogP contribution in [0.2, 0.25) is 0 Å². The summed E-state index contributed by atoms with van der Waals surface area (Å²) in [5.74, 6) is 1.17. The van der Waals surface area contributed by atoms with Crippen molar-refractivity contribution in [1.29, 1.82) is 0 Å². The van der Waals surface area contributed by atoms with Gasteiger partial charge in [-0.25, -0.2) is 4.39 Å². The van der Waals surface area contributed by atoms with Gasteiger partial charge in [0.05, 0.1) is 13.7 Å². The highest BCUT2D eigenvalue weighted by molar-refractivity contribution is 14.0. The zero-order valence-corrected chi connectivity index (χ0v) is 18.7. The minimum atomic E-state index is -0.391. The van der Waals surface area contributed by atoms with Crippen LogP contribution in [0, 0.1) is 5.82 Å². The summed E-state index contributed by atoms with van der Waals surface area (Å²) >= 11 is 0. The fraction of sp³-hybridized carbons (Fsp3) is 0.350. The lowest BCUT2D eigenvalue weighted by Gasteiger charge is -2.13. The molecule has 2 rings (SSSR count). The molecule has 0 radical (unpaired) electrons. The molecule has 2 aromatic rings. The number of rotatable bonds is 9. The summed E-state index contributed by atoms with van der Waals surface area (Å²) in [4.78, 5) is 4.19. The van der Waals surface area contributed by atoms with E-state index in [-0.39, 0.29) is 29.7 Å². The van der Waals surface area contributed by atoms with Gasteiger partial charge >= 0.3 is 0 Å². The topological polar surface area (TPSA) is 64.1 Å². The molecule has 2 N–H and O–H groups in total. The quantitative estimate of drug-likeness (QED) is 0.234. The monoisotopic (exact) mass is 503 g/mol. The maximum atomic E-state index is 13.8. The molecule has 8 heteroatoms. The third-order valence-electron chi connectivity index (χ3n) is 3.76. The van der Waals surface area contributed by atoms with Gasteiger partial charge in [-0.3, -0.25) is 4.99 Å². The molecule has 6 nitrogen and oxygen atoms in total. The summed E-state index contributed by atoms with van der Waals surface area (Å²) < 4.78 is 29.4. The highest BCUT2D eigenvalue weighted by Crippen LogP contribution is 2.19. The van der Waals surface area contributed by atoms with E-state index in [1.165, 1.54) is 13.2 Å². The van der Waals surface area contributed by atoms with E-state index in [0.717, 1.165) is 23.4 Å². The maximum absolute atomic E-state index is 13.8. The summed E-state index contributed by atoms with van der Waals surface area (Å²) in [6.07, 6.45) is 0.829. The zero-order valence-electron chi connectivity index (χ0n) is 16.3. The van der Waals surface area contributed by atoms with Crippen LogP contribution in [0.25, 0.3) is 0 Å². The van der Waals surface area contributed by atoms with Gasteiger partial charge in [0.25, 0.3) is 0 Å². The second-order valence-corrected chi connectivity index (χ2v) is 5.74. The smallest absolute Gasteiger partial charge is 0.195 e. The second-order valence-electron chi connectivity index (χ2n) is 5.74. The highest BCUT2D eigenvalue weighted by Gasteiger charge is 2.05. The van der Waals surface area contributed by atoms with Crippen LogP contribution < -0.4 is 20.1 Å². The summed E-state index contributed by atoms with van der Waals surface area (Å²) in [5.41, 5.74) is 1.62. The van der Waals surface area contributed by atoms with Crippen molar-refractivity contribution in [3.05, 3.63) is 53.8 Å². The predicted octanol–water partition coefficient (Wildman–Crippen LogP) is 4.06. The Hall–Kier alpha value is -2.07. The first-order chi connectivity index (χ1) is 13.2. The SMILES string of the molecule is CN=C(NCc1ccc(OC)c(F)c1)Nc1cccc(OCCCOC)c1.I. The van der Waals surface area contributed by atoms with Crippen molar-refractivity contribution < 1.29 is 18.6 Å². The van der Waals surface area contributed by atoms with Gasteiger partial charge in [0, 0.05) is 45.5 Å². The molecule has 0 spiro atoms. The molecule has 0 saturated carbocycles. The highest BCUT2D eigenvalue weighted by atomic mass is 127. The van der Waals surface area contributed by atoms with Gasteiger partial charge in [-0.2, -0.15) is 0 Å². The van der Waals surface area contributed by atoms with Crippen LogP contribution in [0.4, 0.5) is 10.1 Å². The third kappa shape index (κ3) is 7.89. The average molecular weight is 503 g/mol. The molecule has 0 bridgehead atoms. The van der Waals surface area contributed by atoms with Crippen LogP contribution in [0.15, 0.2) is 47.5 Å². The maximum Gasteiger partial charge on any atom is 0.195 e. The molecule has 0 aliphatic carbocycles. The van der Waals surface area contributed by atoms with E-state index < -0.39 is 5.82 Å². The number of methoxy groups -OCH3 is 2. The van der Waals surface area contributed by atoms with Crippen LogP contribution in [0.1, 0.15) is 12.0 Å². The Bertz CT molecular complexity index is 759. The average Bonchev–Trinajstić information content (AvgIpc) is 2.69. The largest absolute Gasteiger partial charge is 0.494 e. The summed E-state index contributed by atoms with van der Waals surface area (Å²) in [5, 5.41) is 6.35. The van der Waals surface area contributed by atoms with E-state index in [2.05, 4.69) is 15.6 Å². The van der Waals surface area contributed by atoms with Crippen molar-refractivity contribution >= 4 is 35.6 Å². The van der Waals surface area contributed by atoms with E-state index in [1.54, 1.807) is 26.3 Å². The lowest BCUT2D eigenvalue weighted by molar-refractivity contribution is 0.172. The Kier molecular flexibility index (Phi) is 11.3. The number of hydrogen-bond acceptors (Lipinski definition) is 4. The standard InChI is InChI=1S/C20H26FN3O3.HI/c1-22-20(23-14-15-8-9-19(26-3)18(21)12-15)24-16-6-4-7-17(13-16)27-11-5-10-25-2;/h4,6-9,12-13H,5,10-11,14H2,1-3H3,(H2,22,23,24);1H. The van der Waals surface area contributed by atoms with Gasteiger partial charge in [0.2, 0.25) is 0 Å². The van der Waals surface area contributed by atoms with Crippen LogP contribution in [0.3, 0.4) is 0 Å². The number of hydrogen-bond donors (Lipinski definition) is 2. The normalized spacial score (nSPS) is 10.8. The Morgan fingerprint density at radius 1 is 1.11 bits per heavy atom. The molecule has 0 unspecified atom stereocenters. The molecule has 0 aromatic heterocycles. The lowest BCUT2D eigenvalue weighted by Crippen LogP contribution is -2.30. The van der Waals surface area contributed by atoms with E-state index >= 15 is 0 Å². The first-order valence-electron chi connectivity index (χ1n) is 8.68. The molecule has 0 amide bonds. The number of guanidine groups is 1. The van der Waals surface area contributed by atoms with Crippen LogP contribution in [-0.4, -0.2) is 40.4 Å². The molecule has 0 aliphatic heterocycles. The molecular formula is C20H27FIN3O3. The summed E-state index contributed by atoms with van der Waals surface area (Å²) in [6.45, 7) is 1.68. The fourth-order valence-electron chi connectivity index (χ4n) is 2.38. The summed E-state index contributed by atoms with van der Waals surface area (Å²) in [7, 11) is 4.79. The van der Waals surface area contributed by atoms with E-state index in [4.69, 9.17) is 14.2 Å². The number of anilines is 1. The number of nitrogens with zero attached hydrogens (tertiary/aromatic N) is 1. The van der Waals surface area contributed by atoms with Gasteiger partial charge in [-0.15, -0.1) is 24.0 Å². The first-order valence-corrected chi connectivity index (χ1v) is 8.68. The van der Waals surface area contributed by atoms with E-state index in [1.807, 2.05) is 24.3 Å². The number of nitrogens with one attached hydrogen (secondary N) is 2. The lowest BCUT2D eigenvalue weighted by atomic mass is 10.2. The van der Waals surface area contributed by atoms with Crippen LogP contribution >= 0.6 is 24.0 Å². The number of aliphatic imine (C=N–C) groups is 1. The molecule has 0 fully saturated rings. The molecular weight excluding hydrogens is 476 g/mol. The Morgan fingerprint density at radius 3 is 2.61 bits per heavy atom. The Labute approximate surface area is 182 Å². The van der Waals surface area contributed by atoms with Crippen molar-refractivity contribution in [3.63, 3.8) is 0 Å².